The van der Waals surface area contributed by atoms with Crippen LogP contribution in [0.25, 0.3) is 0 Å². The number of ether oxygens (including phenoxy) is 2. The molecule has 2 aliphatic heterocycles. The second-order valence-electron chi connectivity index (χ2n) is 11.6. The highest BCUT2D eigenvalue weighted by Crippen LogP contribution is 2.34. The first kappa shape index (κ1) is 24.6. The van der Waals surface area contributed by atoms with Gasteiger partial charge in [-0.2, -0.15) is 0 Å². The maximum absolute atomic E-state index is 12.6. The van der Waals surface area contributed by atoms with Crippen molar-refractivity contribution in [2.45, 2.75) is 128 Å². The smallest absolute Gasteiger partial charge is 0.324 e. The van der Waals surface area contributed by atoms with Crippen LogP contribution in [0.5, 0.6) is 0 Å². The largest absolute Gasteiger partial charge is 0.462 e. The fourth-order valence-electron chi connectivity index (χ4n) is 5.31. The summed E-state index contributed by atoms with van der Waals surface area (Å²) < 4.78 is 11.5. The van der Waals surface area contributed by atoms with Crippen LogP contribution in [0.4, 0.5) is 4.79 Å². The minimum atomic E-state index is -0.480. The number of hydrogen-bond acceptors (Lipinski definition) is 6. The zero-order chi connectivity index (χ0) is 22.3. The molecule has 6 nitrogen and oxygen atoms in total. The molecule has 168 valence electrons. The number of nitrogens with one attached hydrogen (secondary N) is 2. The van der Waals surface area contributed by atoms with E-state index in [0.29, 0.717) is 0 Å². The molecule has 0 aromatic heterocycles. The van der Waals surface area contributed by atoms with Crippen molar-refractivity contribution in [2.24, 2.45) is 0 Å². The van der Waals surface area contributed by atoms with Crippen LogP contribution >= 0.6 is 8.58 Å². The molecule has 0 bridgehead atoms. The molecule has 2 heterocycles. The molecule has 2 saturated heterocycles. The first-order valence-electron chi connectivity index (χ1n) is 10.7. The molecule has 7 heteroatoms. The van der Waals surface area contributed by atoms with E-state index in [1.807, 2.05) is 0 Å². The minimum absolute atomic E-state index is 0.0883. The van der Waals surface area contributed by atoms with Crippen LogP contribution in [-0.4, -0.2) is 51.7 Å². The fourth-order valence-corrected chi connectivity index (χ4v) is 6.09. The molecule has 0 aliphatic carbocycles. The molecule has 0 aromatic carbocycles. The topological polar surface area (TPSA) is 76.7 Å². The molecule has 0 amide bonds. The van der Waals surface area contributed by atoms with Crippen LogP contribution in [0.15, 0.2) is 0 Å². The van der Waals surface area contributed by atoms with E-state index < -0.39 is 5.66 Å². The van der Waals surface area contributed by atoms with E-state index in [0.717, 1.165) is 25.7 Å². The van der Waals surface area contributed by atoms with Crippen molar-refractivity contribution in [3.63, 3.8) is 0 Å². The van der Waals surface area contributed by atoms with Crippen molar-refractivity contribution in [3.8, 4) is 0 Å². The summed E-state index contributed by atoms with van der Waals surface area (Å²) >= 11 is 0. The van der Waals surface area contributed by atoms with Gasteiger partial charge in [-0.3, -0.25) is 4.79 Å². The Balaban J connectivity index is 1.87. The second-order valence-corrected chi connectivity index (χ2v) is 13.1. The summed E-state index contributed by atoms with van der Waals surface area (Å²) in [5.74, 6) is -0.301. The van der Waals surface area contributed by atoms with Gasteiger partial charge in [0.25, 0.3) is 0 Å². The molecule has 2 aliphatic rings. The Hall–Kier alpha value is -0.710. The Bertz CT molecular complexity index is 598. The van der Waals surface area contributed by atoms with E-state index in [9.17, 15) is 9.59 Å². The molecule has 2 fully saturated rings. The van der Waals surface area contributed by atoms with Crippen LogP contribution in [0.3, 0.4) is 0 Å². The minimum Gasteiger partial charge on any atom is -0.462 e. The predicted octanol–water partition coefficient (Wildman–Crippen LogP) is 4.35. The highest BCUT2D eigenvalue weighted by atomic mass is 31.1. The number of carbonyl (C=O) groups excluding carboxylic acids is 2. The number of piperidine rings is 2. The van der Waals surface area contributed by atoms with Crippen molar-refractivity contribution < 1.29 is 19.1 Å². The highest BCUT2D eigenvalue weighted by molar-refractivity contribution is 7.58. The van der Waals surface area contributed by atoms with Crippen LogP contribution in [0, 0.1) is 0 Å². The lowest BCUT2D eigenvalue weighted by Crippen LogP contribution is -2.60. The first-order valence-corrected chi connectivity index (χ1v) is 11.8. The van der Waals surface area contributed by atoms with Crippen molar-refractivity contribution >= 4 is 20.3 Å². The SMILES string of the molecule is CC(PC(=O)OC1CC(C)(C)NC(C)(C)C1)C(=O)OC1CC(C)(C)NC(C)(C)C1. The van der Waals surface area contributed by atoms with Crippen molar-refractivity contribution in [1.82, 2.24) is 10.6 Å². The zero-order valence-electron chi connectivity index (χ0n) is 19.7. The maximum Gasteiger partial charge on any atom is 0.324 e. The number of esters is 1. The average molecular weight is 429 g/mol. The lowest BCUT2D eigenvalue weighted by atomic mass is 9.81. The molecule has 29 heavy (non-hydrogen) atoms. The highest BCUT2D eigenvalue weighted by Gasteiger charge is 2.41. The van der Waals surface area contributed by atoms with Gasteiger partial charge in [0, 0.05) is 56.4 Å². The average Bonchev–Trinajstić information content (AvgIpc) is 2.39. The van der Waals surface area contributed by atoms with Gasteiger partial charge >= 0.3 is 11.7 Å². The van der Waals surface area contributed by atoms with E-state index in [2.05, 4.69) is 66.0 Å². The van der Waals surface area contributed by atoms with Crippen LogP contribution < -0.4 is 10.6 Å². The Kier molecular flexibility index (Phi) is 7.14. The van der Waals surface area contributed by atoms with Gasteiger partial charge in [-0.15, -0.1) is 0 Å². The van der Waals surface area contributed by atoms with Gasteiger partial charge in [-0.05, 0) is 62.3 Å². The Morgan fingerprint density at radius 3 is 1.48 bits per heavy atom. The van der Waals surface area contributed by atoms with E-state index in [4.69, 9.17) is 9.47 Å². The van der Waals surface area contributed by atoms with Crippen LogP contribution in [0.2, 0.25) is 0 Å². The quantitative estimate of drug-likeness (QED) is 0.501. The van der Waals surface area contributed by atoms with Crippen molar-refractivity contribution in [3.05, 3.63) is 0 Å². The molecule has 0 saturated carbocycles. The number of carbonyl (C=O) groups is 2. The maximum atomic E-state index is 12.6. The summed E-state index contributed by atoms with van der Waals surface area (Å²) in [6.07, 6.45) is 2.80. The zero-order valence-corrected chi connectivity index (χ0v) is 20.7. The van der Waals surface area contributed by atoms with Gasteiger partial charge in [0.1, 0.15) is 12.2 Å². The van der Waals surface area contributed by atoms with Gasteiger partial charge in [0.15, 0.2) is 0 Å². The summed E-state index contributed by atoms with van der Waals surface area (Å²) in [7, 11) is -0.230. The molecule has 2 atom stereocenters. The van der Waals surface area contributed by atoms with Crippen LogP contribution in [0.1, 0.15) is 88.0 Å². The van der Waals surface area contributed by atoms with Gasteiger partial charge in [0.05, 0.1) is 5.66 Å². The van der Waals surface area contributed by atoms with E-state index in [1.54, 1.807) is 6.92 Å². The molecular weight excluding hydrogens is 387 g/mol. The van der Waals surface area contributed by atoms with Crippen molar-refractivity contribution in [2.75, 3.05) is 0 Å². The van der Waals surface area contributed by atoms with E-state index in [-0.39, 0.29) is 54.6 Å². The van der Waals surface area contributed by atoms with Gasteiger partial charge in [-0.1, -0.05) is 0 Å². The van der Waals surface area contributed by atoms with Gasteiger partial charge in [0.2, 0.25) is 0 Å². The molecule has 2 unspecified atom stereocenters. The third-order valence-corrected chi connectivity index (χ3v) is 6.57. The molecule has 2 rings (SSSR count). The van der Waals surface area contributed by atoms with Gasteiger partial charge < -0.3 is 20.1 Å². The van der Waals surface area contributed by atoms with Gasteiger partial charge in [-0.25, -0.2) is 4.79 Å². The standard InChI is InChI=1S/C22H41N2O4P/c1-14(17(25)27-15-10-19(2,3)23-20(4,5)11-15)29-18(26)28-16-12-21(6,7)24-22(8,9)13-16/h14-16,23-24,29H,10-13H2,1-9H3. The Morgan fingerprint density at radius 1 is 0.759 bits per heavy atom. The fraction of sp³-hybridized carbons (Fsp3) is 0.909. The summed E-state index contributed by atoms with van der Waals surface area (Å²) in [4.78, 5) is 25.1. The molecule has 0 aromatic rings. The first-order chi connectivity index (χ1) is 13.0. The monoisotopic (exact) mass is 428 g/mol. The van der Waals surface area contributed by atoms with E-state index in [1.165, 1.54) is 0 Å². The molecule has 0 spiro atoms. The van der Waals surface area contributed by atoms with Crippen LogP contribution in [-0.2, 0) is 14.3 Å². The summed E-state index contributed by atoms with van der Waals surface area (Å²) in [6, 6.07) is 0. The van der Waals surface area contributed by atoms with E-state index >= 15 is 0 Å². The summed E-state index contributed by atoms with van der Waals surface area (Å²) in [6.45, 7) is 18.8. The molecule has 0 radical (unpaired) electrons. The number of hydrogen-bond donors (Lipinski definition) is 2. The van der Waals surface area contributed by atoms with Crippen molar-refractivity contribution in [1.29, 1.82) is 0 Å². The molecule has 2 N–H and O–H groups in total. The third kappa shape index (κ3) is 7.80. The Morgan fingerprint density at radius 2 is 1.10 bits per heavy atom. The second kappa shape index (κ2) is 8.43. The molecular formula is C22H41N2O4P. The summed E-state index contributed by atoms with van der Waals surface area (Å²) in [5, 5.41) is 7.17. The summed E-state index contributed by atoms with van der Waals surface area (Å²) in [5.41, 5.74) is -1.13. The third-order valence-electron chi connectivity index (χ3n) is 5.55. The normalized spacial score (nSPS) is 27.5. The lowest BCUT2D eigenvalue weighted by Gasteiger charge is -2.46. The predicted molar refractivity (Wildman–Crippen MR) is 119 cm³/mol. The number of rotatable bonds is 5. The Labute approximate surface area is 178 Å². The lowest BCUT2D eigenvalue weighted by molar-refractivity contribution is -0.152.